The van der Waals surface area contributed by atoms with Gasteiger partial charge < -0.3 is 35.6 Å². The monoisotopic (exact) mass is 748 g/mol. The topological polar surface area (TPSA) is 169 Å². The van der Waals surface area contributed by atoms with Crippen molar-refractivity contribution in [1.82, 2.24) is 19.9 Å². The first-order chi connectivity index (χ1) is 26.7. The van der Waals surface area contributed by atoms with Crippen LogP contribution >= 0.6 is 12.2 Å². The largest absolute Gasteiger partial charge is 0.508 e. The Morgan fingerprint density at radius 3 is 2.51 bits per heavy atom. The number of hydrogen-bond donors (Lipinski definition) is 5. The van der Waals surface area contributed by atoms with Gasteiger partial charge in [0, 0.05) is 48.0 Å². The number of nitrogens with one attached hydrogen (secondary N) is 2. The minimum atomic E-state index is -1.20. The maximum atomic E-state index is 12.8. The molecule has 0 saturated heterocycles. The van der Waals surface area contributed by atoms with Gasteiger partial charge in [-0.25, -0.2) is 14.8 Å². The molecule has 2 aliphatic rings. The van der Waals surface area contributed by atoms with E-state index in [-0.39, 0.29) is 33.3 Å². The number of nitrogens with zero attached hydrogens (tertiary/aromatic N) is 3. The normalized spacial score (nSPS) is 11.4. The van der Waals surface area contributed by atoms with Crippen LogP contribution in [0.3, 0.4) is 0 Å². The minimum absolute atomic E-state index is 0.0247. The number of benzene rings is 5. The van der Waals surface area contributed by atoms with E-state index in [2.05, 4.69) is 45.3 Å². The number of pyridine rings is 1. The molecule has 0 atom stereocenters. The summed E-state index contributed by atoms with van der Waals surface area (Å²) < 4.78 is 8.22. The molecule has 1 aliphatic heterocycles. The van der Waals surface area contributed by atoms with E-state index in [1.165, 1.54) is 24.3 Å². The number of fused-ring (bicyclic) bond motifs is 5. The molecule has 3 heterocycles. The van der Waals surface area contributed by atoms with Crippen molar-refractivity contribution in [2.75, 3.05) is 11.1 Å². The number of aryl methyl sites for hydroxylation is 1. The van der Waals surface area contributed by atoms with Crippen LogP contribution in [0.15, 0.2) is 112 Å². The number of nitrogen functional groups attached to an aromatic ring is 1. The molecule has 0 unspecified atom stereocenters. The first-order valence-electron chi connectivity index (χ1n) is 17.9. The maximum Gasteiger partial charge on any atom is 0.338 e. The molecule has 2 aromatic heterocycles. The van der Waals surface area contributed by atoms with Crippen LogP contribution in [-0.4, -0.2) is 35.8 Å². The van der Waals surface area contributed by atoms with Gasteiger partial charge in [-0.3, -0.25) is 4.79 Å². The highest BCUT2D eigenvalue weighted by Crippen LogP contribution is 2.39. The van der Waals surface area contributed by atoms with E-state index >= 15 is 0 Å². The van der Waals surface area contributed by atoms with Crippen LogP contribution in [0.1, 0.15) is 47.1 Å². The van der Waals surface area contributed by atoms with Crippen molar-refractivity contribution in [3.05, 3.63) is 136 Å². The summed E-state index contributed by atoms with van der Waals surface area (Å²) in [6.45, 7) is 3.17. The first kappa shape index (κ1) is 35.3. The highest BCUT2D eigenvalue weighted by Gasteiger charge is 2.23. The van der Waals surface area contributed by atoms with Crippen molar-refractivity contribution < 1.29 is 19.4 Å². The standard InChI is InChI=1S/C43H36N6O5S/c1-2-3-11-37-48-39-40(30-7-4-5-9-33(30)46-41(39)44)49(37)23-25-14-12-24(13-15-25)22-45-43(55)47-34-10-6-8-29(38(34)42(52)53)31-19-28(51)21-36-32(31)18-26-16-17-27(50)20-35(26)54-36/h4-10,12-21,50H,2-3,11,22-23H2,1H3,(H2,44,46)(H,52,53)(H2,45,47,55). The summed E-state index contributed by atoms with van der Waals surface area (Å²) in [6.07, 6.45) is 2.89. The zero-order valence-corrected chi connectivity index (χ0v) is 30.6. The zero-order valence-electron chi connectivity index (χ0n) is 29.8. The van der Waals surface area contributed by atoms with E-state index in [0.29, 0.717) is 46.6 Å². The van der Waals surface area contributed by atoms with Crippen LogP contribution < -0.4 is 21.8 Å². The fourth-order valence-electron chi connectivity index (χ4n) is 7.07. The smallest absolute Gasteiger partial charge is 0.338 e. The quantitative estimate of drug-likeness (QED) is 0.0674. The number of unbranched alkanes of at least 4 members (excludes halogenated alkanes) is 1. The molecular formula is C43H36N6O5S. The number of aromatic nitrogens is 3. The molecule has 0 radical (unpaired) electrons. The fraction of sp³-hybridized carbons (Fsp3) is 0.140. The van der Waals surface area contributed by atoms with Crippen LogP contribution in [0.2, 0.25) is 0 Å². The molecule has 6 aromatic rings. The highest BCUT2D eigenvalue weighted by atomic mass is 32.1. The van der Waals surface area contributed by atoms with Crippen molar-refractivity contribution in [1.29, 1.82) is 0 Å². The molecule has 8 rings (SSSR count). The van der Waals surface area contributed by atoms with Gasteiger partial charge in [-0.05, 0) is 77.3 Å². The zero-order chi connectivity index (χ0) is 38.2. The Hall–Kier alpha value is -6.79. The Kier molecular flexibility index (Phi) is 9.33. The molecule has 11 nitrogen and oxygen atoms in total. The third-order valence-corrected chi connectivity index (χ3v) is 9.96. The summed E-state index contributed by atoms with van der Waals surface area (Å²) in [4.78, 5) is 35.1. The second kappa shape index (κ2) is 14.6. The molecule has 0 saturated carbocycles. The average molecular weight is 749 g/mol. The number of carboxylic acids is 1. The molecule has 55 heavy (non-hydrogen) atoms. The summed E-state index contributed by atoms with van der Waals surface area (Å²) in [5, 5.41) is 28.5. The molecule has 6 N–H and O–H groups in total. The van der Waals surface area contributed by atoms with E-state index in [9.17, 15) is 19.8 Å². The molecule has 4 aromatic carbocycles. The van der Waals surface area contributed by atoms with Gasteiger partial charge in [-0.2, -0.15) is 0 Å². The van der Waals surface area contributed by atoms with Crippen LogP contribution in [0.25, 0.3) is 55.4 Å². The fourth-order valence-corrected chi connectivity index (χ4v) is 7.25. The van der Waals surface area contributed by atoms with Gasteiger partial charge >= 0.3 is 5.97 Å². The third-order valence-electron chi connectivity index (χ3n) is 9.71. The lowest BCUT2D eigenvalue weighted by Crippen LogP contribution is -2.28. The van der Waals surface area contributed by atoms with Crippen molar-refractivity contribution in [3.63, 3.8) is 0 Å². The number of para-hydroxylation sites is 1. The molecule has 12 heteroatoms. The number of carbonyl (C=O) groups is 1. The number of aromatic hydroxyl groups is 1. The van der Waals surface area contributed by atoms with E-state index < -0.39 is 5.97 Å². The number of rotatable bonds is 10. The molecule has 274 valence electrons. The van der Waals surface area contributed by atoms with E-state index in [1.54, 1.807) is 24.3 Å². The summed E-state index contributed by atoms with van der Waals surface area (Å²) in [7, 11) is 0. The summed E-state index contributed by atoms with van der Waals surface area (Å²) in [6, 6.07) is 30.4. The number of nitrogens with two attached hydrogens (primary N) is 1. The summed E-state index contributed by atoms with van der Waals surface area (Å²) >= 11 is 5.62. The van der Waals surface area contributed by atoms with Crippen molar-refractivity contribution in [2.45, 2.75) is 39.3 Å². The lowest BCUT2D eigenvalue weighted by molar-refractivity contribution is 0.0699. The number of aromatic carboxylic acids is 1. The maximum absolute atomic E-state index is 12.8. The molecule has 0 bridgehead atoms. The first-order valence-corrected chi connectivity index (χ1v) is 18.3. The number of anilines is 2. The lowest BCUT2D eigenvalue weighted by Gasteiger charge is -2.18. The molecule has 0 spiro atoms. The predicted molar refractivity (Wildman–Crippen MR) is 220 cm³/mol. The van der Waals surface area contributed by atoms with Gasteiger partial charge in [0.1, 0.15) is 28.4 Å². The van der Waals surface area contributed by atoms with E-state index in [1.807, 2.05) is 36.4 Å². The molecule has 1 aliphatic carbocycles. The number of imidazole rings is 1. The molecule has 0 fully saturated rings. The second-order valence-electron chi connectivity index (χ2n) is 13.4. The molecule has 0 amide bonds. The highest BCUT2D eigenvalue weighted by molar-refractivity contribution is 7.80. The van der Waals surface area contributed by atoms with Crippen molar-refractivity contribution in [2.24, 2.45) is 0 Å². The van der Waals surface area contributed by atoms with E-state index in [4.69, 9.17) is 27.4 Å². The van der Waals surface area contributed by atoms with Crippen LogP contribution in [-0.2, 0) is 19.5 Å². The third kappa shape index (κ3) is 6.91. The Balaban J connectivity index is 1.02. The number of phenolic OH excluding ortho intramolecular Hbond substituents is 1. The van der Waals surface area contributed by atoms with Crippen LogP contribution in [0.4, 0.5) is 11.5 Å². The second-order valence-corrected chi connectivity index (χ2v) is 13.8. The van der Waals surface area contributed by atoms with Gasteiger partial charge in [0.05, 0.1) is 22.3 Å². The van der Waals surface area contributed by atoms with Gasteiger partial charge in [0.15, 0.2) is 16.4 Å². The van der Waals surface area contributed by atoms with Gasteiger partial charge in [-0.15, -0.1) is 0 Å². The van der Waals surface area contributed by atoms with Crippen molar-refractivity contribution >= 4 is 67.7 Å². The predicted octanol–water partition coefficient (Wildman–Crippen LogP) is 8.33. The van der Waals surface area contributed by atoms with Gasteiger partial charge in [-0.1, -0.05) is 67.9 Å². The number of thiocarbonyl (C=S) groups is 1. The lowest BCUT2D eigenvalue weighted by atomic mass is 9.92. The van der Waals surface area contributed by atoms with Gasteiger partial charge in [0.2, 0.25) is 0 Å². The van der Waals surface area contributed by atoms with Crippen LogP contribution in [0, 0.1) is 0 Å². The Labute approximate surface area is 320 Å². The number of carboxylic acid groups (broad SMARTS) is 1. The average Bonchev–Trinajstić information content (AvgIpc) is 3.54. The Morgan fingerprint density at radius 2 is 1.71 bits per heavy atom. The summed E-state index contributed by atoms with van der Waals surface area (Å²) in [5.41, 5.74) is 12.5. The Morgan fingerprint density at radius 1 is 0.909 bits per heavy atom. The molecular weight excluding hydrogens is 713 g/mol. The van der Waals surface area contributed by atoms with Crippen molar-refractivity contribution in [3.8, 4) is 28.2 Å². The van der Waals surface area contributed by atoms with E-state index in [0.717, 1.165) is 58.2 Å². The summed E-state index contributed by atoms with van der Waals surface area (Å²) in [5.74, 6) is 0.503. The Bertz CT molecular complexity index is 2810. The number of phenols is 1. The SMILES string of the molecule is CCCCc1nc2c(N)nc3ccccc3c2n1Cc1ccc(CNC(=S)Nc2cccc(-c3cc(=O)cc4oc5cc(O)ccc5cc3-4)c2C(=O)O)cc1. The van der Waals surface area contributed by atoms with Gasteiger partial charge in [0.25, 0.3) is 0 Å². The minimum Gasteiger partial charge on any atom is -0.508 e. The van der Waals surface area contributed by atoms with Crippen LogP contribution in [0.5, 0.6) is 5.75 Å². The number of hydrogen-bond acceptors (Lipinski definition) is 8.